The summed E-state index contributed by atoms with van der Waals surface area (Å²) >= 11 is 5.81. The fourth-order valence-corrected chi connectivity index (χ4v) is 3.52. The van der Waals surface area contributed by atoms with Gasteiger partial charge in [-0.15, -0.1) is 10.2 Å². The van der Waals surface area contributed by atoms with Crippen LogP contribution in [0, 0.1) is 0 Å². The van der Waals surface area contributed by atoms with Crippen molar-refractivity contribution in [1.29, 1.82) is 0 Å². The van der Waals surface area contributed by atoms with Gasteiger partial charge in [-0.25, -0.2) is 4.98 Å². The van der Waals surface area contributed by atoms with Gasteiger partial charge in [0.1, 0.15) is 5.82 Å². The van der Waals surface area contributed by atoms with Gasteiger partial charge in [0.05, 0.1) is 12.1 Å². The quantitative estimate of drug-likeness (QED) is 0.818. The Hall–Kier alpha value is -2.15. The van der Waals surface area contributed by atoms with E-state index in [0.29, 0.717) is 30.6 Å². The maximum Gasteiger partial charge on any atom is 0.228 e. The molecule has 0 bridgehead atoms. The van der Waals surface area contributed by atoms with Crippen molar-refractivity contribution >= 4 is 23.3 Å². The highest BCUT2D eigenvalue weighted by Gasteiger charge is 2.28. The summed E-state index contributed by atoms with van der Waals surface area (Å²) in [6, 6.07) is 3.77. The third-order valence-electron chi connectivity index (χ3n) is 4.70. The summed E-state index contributed by atoms with van der Waals surface area (Å²) in [5.74, 6) is 2.26. The van der Waals surface area contributed by atoms with Crippen LogP contribution in [0.15, 0.2) is 18.3 Å². The van der Waals surface area contributed by atoms with Gasteiger partial charge >= 0.3 is 0 Å². The molecule has 1 saturated heterocycles. The maximum absolute atomic E-state index is 12.7. The average Bonchev–Trinajstić information content (AvgIpc) is 2.96. The van der Waals surface area contributed by atoms with E-state index in [4.69, 9.17) is 11.6 Å². The van der Waals surface area contributed by atoms with Crippen molar-refractivity contribution in [1.82, 2.24) is 24.6 Å². The predicted molar refractivity (Wildman–Crippen MR) is 101 cm³/mol. The van der Waals surface area contributed by atoms with E-state index in [9.17, 15) is 4.79 Å². The third-order valence-corrected chi connectivity index (χ3v) is 4.90. The van der Waals surface area contributed by atoms with Crippen molar-refractivity contribution in [2.75, 3.05) is 24.5 Å². The summed E-state index contributed by atoms with van der Waals surface area (Å²) in [6.07, 6.45) is 2.30. The molecule has 0 N–H and O–H groups in total. The van der Waals surface area contributed by atoms with Crippen LogP contribution >= 0.6 is 11.6 Å². The molecule has 1 aliphatic rings. The van der Waals surface area contributed by atoms with Gasteiger partial charge in [-0.3, -0.25) is 4.79 Å². The average molecular weight is 377 g/mol. The van der Waals surface area contributed by atoms with Crippen LogP contribution < -0.4 is 4.90 Å². The number of piperazine rings is 1. The molecule has 0 unspecified atom stereocenters. The van der Waals surface area contributed by atoms with E-state index < -0.39 is 0 Å². The molecule has 1 amide bonds. The second kappa shape index (κ2) is 7.61. The summed E-state index contributed by atoms with van der Waals surface area (Å²) in [6.45, 7) is 8.35. The zero-order valence-electron chi connectivity index (χ0n) is 15.7. The molecule has 1 fully saturated rings. The number of aryl methyl sites for hydroxylation is 1. The second-order valence-electron chi connectivity index (χ2n) is 7.13. The molecule has 140 valence electrons. The van der Waals surface area contributed by atoms with Crippen molar-refractivity contribution in [3.05, 3.63) is 35.0 Å². The lowest BCUT2D eigenvalue weighted by Crippen LogP contribution is -2.54. The van der Waals surface area contributed by atoms with Gasteiger partial charge in [-0.1, -0.05) is 25.4 Å². The number of aromatic nitrogens is 4. The molecule has 2 aromatic heterocycles. The van der Waals surface area contributed by atoms with Crippen molar-refractivity contribution in [2.45, 2.75) is 39.2 Å². The summed E-state index contributed by atoms with van der Waals surface area (Å²) in [5, 5.41) is 8.43. The highest BCUT2D eigenvalue weighted by Crippen LogP contribution is 2.20. The van der Waals surface area contributed by atoms with Gasteiger partial charge in [0.15, 0.2) is 11.0 Å². The number of carbonyl (C=O) groups is 1. The molecule has 0 aliphatic carbocycles. The lowest BCUT2D eigenvalue weighted by molar-refractivity contribution is -0.131. The number of nitrogens with zero attached hydrogens (tertiary/aromatic N) is 6. The molecule has 1 atom stereocenters. The Bertz CT molecular complexity index is 772. The molecular formula is C18H25ClN6O. The minimum atomic E-state index is 0.118. The SMILES string of the molecule is CC(C)c1nc(CC(=O)N2CCN(c3ccc(Cl)nn3)[C@@H](C)C2)cn1C. The van der Waals surface area contributed by atoms with E-state index in [1.54, 1.807) is 6.07 Å². The monoisotopic (exact) mass is 376 g/mol. The standard InChI is InChI=1S/C18H25ClN6O/c1-12(2)18-20-14(11-23(18)4)9-17(26)24-7-8-25(13(3)10-24)16-6-5-15(19)21-22-16/h5-6,11-13H,7-10H2,1-4H3/t13-/m0/s1. The summed E-state index contributed by atoms with van der Waals surface area (Å²) in [7, 11) is 1.98. The molecule has 1 aliphatic heterocycles. The van der Waals surface area contributed by atoms with E-state index >= 15 is 0 Å². The topological polar surface area (TPSA) is 67.2 Å². The van der Waals surface area contributed by atoms with Crippen molar-refractivity contribution in [2.24, 2.45) is 7.05 Å². The first-order chi connectivity index (χ1) is 12.3. The molecule has 26 heavy (non-hydrogen) atoms. The highest BCUT2D eigenvalue weighted by atomic mass is 35.5. The molecular weight excluding hydrogens is 352 g/mol. The van der Waals surface area contributed by atoms with E-state index in [1.807, 2.05) is 28.8 Å². The fourth-order valence-electron chi connectivity index (χ4n) is 3.42. The molecule has 2 aromatic rings. The van der Waals surface area contributed by atoms with Gasteiger partial charge in [0.2, 0.25) is 5.91 Å². The number of halogens is 1. The summed E-state index contributed by atoms with van der Waals surface area (Å²) < 4.78 is 2.01. The lowest BCUT2D eigenvalue weighted by atomic mass is 10.1. The zero-order valence-corrected chi connectivity index (χ0v) is 16.4. The number of rotatable bonds is 4. The normalized spacial score (nSPS) is 17.8. The van der Waals surface area contributed by atoms with Crippen molar-refractivity contribution in [3.8, 4) is 0 Å². The second-order valence-corrected chi connectivity index (χ2v) is 7.52. The molecule has 8 heteroatoms. The minimum absolute atomic E-state index is 0.118. The van der Waals surface area contributed by atoms with Gasteiger partial charge in [0.25, 0.3) is 0 Å². The first kappa shape index (κ1) is 18.6. The molecule has 0 aromatic carbocycles. The number of hydrogen-bond donors (Lipinski definition) is 0. The Labute approximate surface area is 159 Å². The first-order valence-electron chi connectivity index (χ1n) is 8.91. The van der Waals surface area contributed by atoms with Crippen LogP contribution in [0.4, 0.5) is 5.82 Å². The van der Waals surface area contributed by atoms with E-state index in [2.05, 4.69) is 40.9 Å². The number of anilines is 1. The van der Waals surface area contributed by atoms with Gasteiger partial charge in [-0.2, -0.15) is 0 Å². The smallest absolute Gasteiger partial charge is 0.228 e. The Balaban J connectivity index is 1.62. The van der Waals surface area contributed by atoms with Gasteiger partial charge in [0, 0.05) is 44.8 Å². The number of hydrogen-bond acceptors (Lipinski definition) is 5. The molecule has 3 rings (SSSR count). The Morgan fingerprint density at radius 3 is 2.65 bits per heavy atom. The van der Waals surface area contributed by atoms with Crippen LogP contribution in [0.2, 0.25) is 5.15 Å². The van der Waals surface area contributed by atoms with Crippen LogP contribution in [0.25, 0.3) is 0 Å². The van der Waals surface area contributed by atoms with Crippen LogP contribution in [-0.2, 0) is 18.3 Å². The van der Waals surface area contributed by atoms with E-state index in [1.165, 1.54) is 0 Å². The predicted octanol–water partition coefficient (Wildman–Crippen LogP) is 2.27. The highest BCUT2D eigenvalue weighted by molar-refractivity contribution is 6.29. The Morgan fingerprint density at radius 1 is 1.31 bits per heavy atom. The van der Waals surface area contributed by atoms with Crippen LogP contribution in [0.3, 0.4) is 0 Å². The molecule has 7 nitrogen and oxygen atoms in total. The first-order valence-corrected chi connectivity index (χ1v) is 9.28. The van der Waals surface area contributed by atoms with Crippen LogP contribution in [0.1, 0.15) is 38.2 Å². The number of imidazole rings is 1. The van der Waals surface area contributed by atoms with Crippen LogP contribution in [-0.4, -0.2) is 56.2 Å². The van der Waals surface area contributed by atoms with Gasteiger partial charge < -0.3 is 14.4 Å². The van der Waals surface area contributed by atoms with Crippen molar-refractivity contribution < 1.29 is 4.79 Å². The van der Waals surface area contributed by atoms with E-state index in [0.717, 1.165) is 23.9 Å². The fraction of sp³-hybridized carbons (Fsp3) is 0.556. The Morgan fingerprint density at radius 2 is 2.08 bits per heavy atom. The largest absolute Gasteiger partial charge is 0.349 e. The molecule has 3 heterocycles. The molecule has 0 radical (unpaired) electrons. The Kier molecular flexibility index (Phi) is 5.46. The maximum atomic E-state index is 12.7. The van der Waals surface area contributed by atoms with Crippen LogP contribution in [0.5, 0.6) is 0 Å². The van der Waals surface area contributed by atoms with E-state index in [-0.39, 0.29) is 11.9 Å². The third kappa shape index (κ3) is 3.98. The molecule has 0 saturated carbocycles. The number of amides is 1. The molecule has 0 spiro atoms. The van der Waals surface area contributed by atoms with Crippen molar-refractivity contribution in [3.63, 3.8) is 0 Å². The zero-order chi connectivity index (χ0) is 18.8. The summed E-state index contributed by atoms with van der Waals surface area (Å²) in [5.41, 5.74) is 0.833. The minimum Gasteiger partial charge on any atom is -0.349 e. The number of carbonyl (C=O) groups excluding carboxylic acids is 1. The summed E-state index contributed by atoms with van der Waals surface area (Å²) in [4.78, 5) is 21.4. The lowest BCUT2D eigenvalue weighted by Gasteiger charge is -2.40. The van der Waals surface area contributed by atoms with Gasteiger partial charge in [-0.05, 0) is 19.1 Å².